The van der Waals surface area contributed by atoms with E-state index in [0.717, 1.165) is 33.7 Å². The van der Waals surface area contributed by atoms with Gasteiger partial charge in [0.2, 0.25) is 11.8 Å². The fourth-order valence-corrected chi connectivity index (χ4v) is 8.37. The third-order valence-electron chi connectivity index (χ3n) is 12.2. The number of ether oxygens (including phenoxy) is 2. The molecule has 0 aliphatic heterocycles. The molecule has 0 saturated heterocycles. The van der Waals surface area contributed by atoms with Crippen molar-refractivity contribution in [3.63, 3.8) is 0 Å². The number of aliphatic hydroxyl groups excluding tert-OH is 1. The SMILES string of the molecule is CN(C(=O)CCc1cccc(F)c1F)[C@@H](CCCO)COC(=O)Nc1cc2ccccc2cn1.COP(=O)(Cl)OC.COP(=O)(OC)OCCC[C@@H](COC(=O)Nc1cc2ccccc2cn1)N(C)C(=O)CCc1cccc(F)c1F.S.S. The van der Waals surface area contributed by atoms with Gasteiger partial charge in [-0.3, -0.25) is 33.8 Å². The molecule has 0 aliphatic rings. The predicted molar refractivity (Wildman–Crippen MR) is 317 cm³/mol. The minimum Gasteiger partial charge on any atom is -0.447 e. The van der Waals surface area contributed by atoms with Crippen molar-refractivity contribution in [2.75, 3.05) is 79.6 Å². The van der Waals surface area contributed by atoms with E-state index in [-0.39, 0.29) is 102 Å². The number of carbonyl (C=O) groups is 4. The van der Waals surface area contributed by atoms with Crippen molar-refractivity contribution < 1.29 is 83.1 Å². The van der Waals surface area contributed by atoms with E-state index in [1.54, 1.807) is 31.6 Å². The highest BCUT2D eigenvalue weighted by atomic mass is 35.7. The number of fused-ring (bicyclic) bond motifs is 2. The van der Waals surface area contributed by atoms with Crippen LogP contribution >= 0.6 is 53.0 Å². The Labute approximate surface area is 497 Å². The summed E-state index contributed by atoms with van der Waals surface area (Å²) in [6.45, 7) is -3.56. The molecular formula is C54H69ClF4N6O14P2S2. The molecule has 83 heavy (non-hydrogen) atoms. The maximum atomic E-state index is 14.0. The number of pyridine rings is 2. The van der Waals surface area contributed by atoms with Crippen LogP contribution in [0.3, 0.4) is 0 Å². The second kappa shape index (κ2) is 37.4. The number of anilines is 2. The lowest BCUT2D eigenvalue weighted by Crippen LogP contribution is -2.41. The Morgan fingerprint density at radius 2 is 1.00 bits per heavy atom. The Morgan fingerprint density at radius 1 is 0.602 bits per heavy atom. The van der Waals surface area contributed by atoms with Crippen molar-refractivity contribution in [1.82, 2.24) is 19.8 Å². The highest BCUT2D eigenvalue weighted by Crippen LogP contribution is 2.51. The fraction of sp³-hybridized carbons (Fsp3) is 0.370. The number of rotatable bonds is 26. The molecule has 0 fully saturated rings. The quantitative estimate of drug-likeness (QED) is 0.0260. The van der Waals surface area contributed by atoms with Gasteiger partial charge in [0.25, 0.3) is 0 Å². The van der Waals surface area contributed by atoms with Gasteiger partial charge in [-0.1, -0.05) is 72.8 Å². The molecule has 2 heterocycles. The first-order valence-corrected chi connectivity index (χ1v) is 28.9. The molecule has 6 aromatic rings. The standard InChI is InChI=1S/C27H32F2N3O7P.C25H27F2N3O4.C2H6ClO3P.2H2S/c1-32(25(33)14-13-19-10-6-12-23(28)26(19)29)22(11-7-15-39-40(35,36-2)37-3)18-38-27(34)31-24-16-20-8-4-5-9-21(20)17-30-24;1-30(23(32)12-11-17-8-4-10-21(26)24(17)27)20(9-5-13-31)16-34-25(33)29-22-14-18-6-2-3-7-19(18)15-28-22;1-5-7(3,4)6-2;;/h4-6,8-10,12,16-17,22H,7,11,13-15,18H2,1-3H3,(H,30,31,34);2-4,6-8,10,14-15,20,31H,5,9,11-13,16H2,1H3,(H,28,29,33);1-2H3;2*1H2/t22-;20-;;;/m00.../s1. The van der Waals surface area contributed by atoms with Crippen LogP contribution in [0.1, 0.15) is 49.7 Å². The molecule has 4 amide bonds. The van der Waals surface area contributed by atoms with Gasteiger partial charge >= 0.3 is 27.0 Å². The molecular weight excluding hydrogens is 1190 g/mol. The van der Waals surface area contributed by atoms with Gasteiger partial charge in [-0.2, -0.15) is 27.0 Å². The van der Waals surface area contributed by atoms with Crippen LogP contribution in [0.15, 0.2) is 109 Å². The smallest absolute Gasteiger partial charge is 0.447 e. The summed E-state index contributed by atoms with van der Waals surface area (Å²) in [5.41, 5.74) is 0.201. The normalized spacial score (nSPS) is 11.7. The summed E-state index contributed by atoms with van der Waals surface area (Å²) in [5.74, 6) is -3.95. The second-order valence-electron chi connectivity index (χ2n) is 17.5. The summed E-state index contributed by atoms with van der Waals surface area (Å²) >= 11 is 5.02. The maximum absolute atomic E-state index is 14.0. The van der Waals surface area contributed by atoms with Crippen molar-refractivity contribution >= 4 is 110 Å². The van der Waals surface area contributed by atoms with E-state index in [1.165, 1.54) is 69.6 Å². The van der Waals surface area contributed by atoms with Crippen molar-refractivity contribution in [2.45, 2.75) is 63.5 Å². The number of phosphoric acid groups is 1. The van der Waals surface area contributed by atoms with Crippen molar-refractivity contribution in [3.8, 4) is 0 Å². The Kier molecular flexibility index (Phi) is 33.0. The lowest BCUT2D eigenvalue weighted by Gasteiger charge is -2.28. The summed E-state index contributed by atoms with van der Waals surface area (Å²) < 4.78 is 111. The minimum absolute atomic E-state index is 0. The third kappa shape index (κ3) is 24.7. The average molecular weight is 1260 g/mol. The van der Waals surface area contributed by atoms with E-state index in [4.69, 9.17) is 34.3 Å². The Morgan fingerprint density at radius 3 is 1.37 bits per heavy atom. The van der Waals surface area contributed by atoms with Gasteiger partial charge in [0.05, 0.1) is 18.7 Å². The molecule has 29 heteroatoms. The van der Waals surface area contributed by atoms with Crippen LogP contribution in [0.25, 0.3) is 21.5 Å². The highest BCUT2D eigenvalue weighted by molar-refractivity contribution is 7.81. The number of nitrogens with zero attached hydrogens (tertiary/aromatic N) is 4. The monoisotopic (exact) mass is 1260 g/mol. The molecule has 6 rings (SSSR count). The number of aryl methyl sites for hydroxylation is 2. The van der Waals surface area contributed by atoms with Crippen molar-refractivity contribution in [3.05, 3.63) is 144 Å². The van der Waals surface area contributed by atoms with Crippen LogP contribution in [-0.4, -0.2) is 130 Å². The van der Waals surface area contributed by atoms with Gasteiger partial charge in [0.15, 0.2) is 23.3 Å². The summed E-state index contributed by atoms with van der Waals surface area (Å²) in [6.07, 6.45) is 3.07. The zero-order chi connectivity index (χ0) is 59.5. The van der Waals surface area contributed by atoms with Crippen LogP contribution in [0.4, 0.5) is 38.8 Å². The molecule has 2 atom stereocenters. The number of aromatic nitrogens is 2. The van der Waals surface area contributed by atoms with E-state index in [1.807, 2.05) is 48.5 Å². The number of likely N-dealkylation sites (N-methyl/N-ethyl adjacent to an activating group) is 2. The Balaban J connectivity index is 0.000000501. The lowest BCUT2D eigenvalue weighted by molar-refractivity contribution is -0.133. The molecule has 0 saturated carbocycles. The Bertz CT molecular complexity index is 3120. The van der Waals surface area contributed by atoms with Crippen molar-refractivity contribution in [1.29, 1.82) is 0 Å². The Hall–Kier alpha value is -5.89. The zero-order valence-corrected chi connectivity index (χ0v) is 50.9. The third-order valence-corrected chi connectivity index (χ3v) is 15.3. The van der Waals surface area contributed by atoms with Crippen LogP contribution in [0.2, 0.25) is 0 Å². The maximum Gasteiger partial charge on any atom is 0.474 e. The fourth-order valence-electron chi connectivity index (χ4n) is 7.51. The topological polar surface area (TPSA) is 244 Å². The average Bonchev–Trinajstić information content (AvgIpc) is 3.54. The second-order valence-corrected chi connectivity index (χ2v) is 22.2. The molecule has 456 valence electrons. The number of halogens is 5. The van der Waals surface area contributed by atoms with E-state index < -0.39 is 62.3 Å². The molecule has 0 unspecified atom stereocenters. The number of amides is 4. The largest absolute Gasteiger partial charge is 0.474 e. The number of carbonyl (C=O) groups excluding carboxylic acids is 4. The number of nitrogens with one attached hydrogen (secondary N) is 2. The summed E-state index contributed by atoms with van der Waals surface area (Å²) in [5, 5.41) is 18.0. The van der Waals surface area contributed by atoms with Crippen LogP contribution in [-0.2, 0) is 63.7 Å². The molecule has 0 aliphatic carbocycles. The van der Waals surface area contributed by atoms with E-state index >= 15 is 0 Å². The van der Waals surface area contributed by atoms with Gasteiger partial charge < -0.3 is 33.4 Å². The lowest BCUT2D eigenvalue weighted by atomic mass is 10.1. The number of hydrogen-bond donors (Lipinski definition) is 3. The summed E-state index contributed by atoms with van der Waals surface area (Å²) in [7, 11) is 4.23. The molecule has 0 bridgehead atoms. The summed E-state index contributed by atoms with van der Waals surface area (Å²) in [6, 6.07) is 25.1. The van der Waals surface area contributed by atoms with Crippen molar-refractivity contribution in [2.24, 2.45) is 0 Å². The van der Waals surface area contributed by atoms with E-state index in [0.29, 0.717) is 37.3 Å². The van der Waals surface area contributed by atoms with E-state index in [9.17, 15) is 51.0 Å². The van der Waals surface area contributed by atoms with Crippen LogP contribution < -0.4 is 10.6 Å². The van der Waals surface area contributed by atoms with Crippen LogP contribution in [0, 0.1) is 23.3 Å². The van der Waals surface area contributed by atoms with Gasteiger partial charge in [-0.05, 0) is 84.7 Å². The first-order valence-electron chi connectivity index (χ1n) is 25.0. The molecule has 0 radical (unpaired) electrons. The number of aliphatic hydroxyl groups is 1. The van der Waals surface area contributed by atoms with Gasteiger partial charge in [-0.15, -0.1) is 0 Å². The van der Waals surface area contributed by atoms with Gasteiger partial charge in [-0.25, -0.2) is 46.2 Å². The van der Waals surface area contributed by atoms with E-state index in [2.05, 4.69) is 29.6 Å². The predicted octanol–water partition coefficient (Wildman–Crippen LogP) is 11.9. The highest BCUT2D eigenvalue weighted by Gasteiger charge is 2.26. The number of phosphoric ester groups is 1. The molecule has 4 aromatic carbocycles. The molecule has 20 nitrogen and oxygen atoms in total. The summed E-state index contributed by atoms with van der Waals surface area (Å²) in [4.78, 5) is 61.6. The van der Waals surface area contributed by atoms with Gasteiger partial charge in [0, 0.05) is 96.4 Å². The minimum atomic E-state index is -3.67. The molecule has 2 aromatic heterocycles. The first-order chi connectivity index (χ1) is 38.7. The first kappa shape index (κ1) is 73.2. The van der Waals surface area contributed by atoms with Gasteiger partial charge in [0.1, 0.15) is 24.8 Å². The zero-order valence-electron chi connectivity index (χ0n) is 46.4. The molecule has 0 spiro atoms. The number of benzene rings is 4. The molecule has 3 N–H and O–H groups in total. The van der Waals surface area contributed by atoms with Crippen LogP contribution in [0.5, 0.6) is 0 Å². The number of hydrogen-bond acceptors (Lipinski definition) is 16.